The number of nitrogens with one attached hydrogen (secondary N) is 1. The summed E-state index contributed by atoms with van der Waals surface area (Å²) in [7, 11) is 1.54. The molecule has 0 aromatic heterocycles. The third-order valence-corrected chi connectivity index (χ3v) is 5.89. The molecule has 3 rings (SSSR count). The van der Waals surface area contributed by atoms with Gasteiger partial charge in [0.05, 0.1) is 17.7 Å². The predicted molar refractivity (Wildman–Crippen MR) is 122 cm³/mol. The molecule has 0 amide bonds. The highest BCUT2D eigenvalue weighted by atomic mass is 79.9. The number of hydrogen-bond donors (Lipinski definition) is 2. The van der Waals surface area contributed by atoms with Crippen molar-refractivity contribution >= 4 is 39.2 Å². The Labute approximate surface area is 192 Å². The van der Waals surface area contributed by atoms with Crippen LogP contribution < -0.4 is 14.8 Å². The molecule has 162 valence electrons. The molecule has 0 spiro atoms. The van der Waals surface area contributed by atoms with Gasteiger partial charge in [-0.15, -0.1) is 0 Å². The Balaban J connectivity index is 1.88. The van der Waals surface area contributed by atoms with Crippen LogP contribution in [0.2, 0.25) is 5.02 Å². The lowest BCUT2D eigenvalue weighted by atomic mass is 10.1. The number of carboxylic acid groups (broad SMARTS) is 1. The summed E-state index contributed by atoms with van der Waals surface area (Å²) in [5.74, 6) is -0.382. The summed E-state index contributed by atoms with van der Waals surface area (Å²) in [6.45, 7) is 2.21. The fraction of sp³-hybridized carbons (Fsp3) is 0.174. The van der Waals surface area contributed by atoms with E-state index >= 15 is 0 Å². The molecule has 0 aliphatic carbocycles. The van der Waals surface area contributed by atoms with Crippen LogP contribution in [0.25, 0.3) is 0 Å². The smallest absolute Gasteiger partial charge is 0.336 e. The molecule has 0 unspecified atom stereocenters. The topological polar surface area (TPSA) is 67.8 Å². The Bertz CT molecular complexity index is 1120. The monoisotopic (exact) mass is 507 g/mol. The summed E-state index contributed by atoms with van der Waals surface area (Å²) in [5.41, 5.74) is 2.97. The first-order chi connectivity index (χ1) is 14.8. The van der Waals surface area contributed by atoms with Crippen molar-refractivity contribution in [2.75, 3.05) is 12.4 Å². The van der Waals surface area contributed by atoms with Crippen molar-refractivity contribution in [1.82, 2.24) is 0 Å². The van der Waals surface area contributed by atoms with Gasteiger partial charge in [0.25, 0.3) is 0 Å². The largest absolute Gasteiger partial charge is 0.493 e. The molecule has 0 heterocycles. The molecule has 0 saturated carbocycles. The Morgan fingerprint density at radius 2 is 2.00 bits per heavy atom. The number of rotatable bonds is 8. The first-order valence-corrected chi connectivity index (χ1v) is 10.5. The Morgan fingerprint density at radius 1 is 1.23 bits per heavy atom. The molecule has 0 aliphatic heterocycles. The lowest BCUT2D eigenvalue weighted by molar-refractivity contribution is 0.0696. The molecular weight excluding hydrogens is 489 g/mol. The normalized spacial score (nSPS) is 10.6. The predicted octanol–water partition coefficient (Wildman–Crippen LogP) is 6.45. The first kappa shape index (κ1) is 22.9. The summed E-state index contributed by atoms with van der Waals surface area (Å²) >= 11 is 9.66. The number of carbonyl (C=O) groups is 1. The van der Waals surface area contributed by atoms with Crippen LogP contribution in [0.3, 0.4) is 0 Å². The van der Waals surface area contributed by atoms with Crippen molar-refractivity contribution in [2.24, 2.45) is 0 Å². The zero-order chi connectivity index (χ0) is 22.5. The molecule has 3 aromatic carbocycles. The number of benzene rings is 3. The molecule has 3 aromatic rings. The van der Waals surface area contributed by atoms with Crippen LogP contribution in [-0.2, 0) is 13.2 Å². The van der Waals surface area contributed by atoms with E-state index in [9.17, 15) is 14.3 Å². The van der Waals surface area contributed by atoms with Crippen molar-refractivity contribution in [2.45, 2.75) is 20.1 Å². The summed E-state index contributed by atoms with van der Waals surface area (Å²) in [5, 5.41) is 12.9. The first-order valence-electron chi connectivity index (χ1n) is 9.30. The molecule has 0 radical (unpaired) electrons. The number of aromatic carboxylic acids is 1. The molecule has 5 nitrogen and oxygen atoms in total. The van der Waals surface area contributed by atoms with Gasteiger partial charge in [0.1, 0.15) is 12.4 Å². The third-order valence-electron chi connectivity index (χ3n) is 4.79. The Kier molecular flexibility index (Phi) is 7.41. The van der Waals surface area contributed by atoms with Gasteiger partial charge in [-0.1, -0.05) is 39.7 Å². The zero-order valence-corrected chi connectivity index (χ0v) is 19.2. The Morgan fingerprint density at radius 3 is 2.68 bits per heavy atom. The SMILES string of the molecule is COc1ccc(Br)c(CNc2cccc(C(=O)O)c2C)c1OCc1ccc(F)cc1Cl. The molecule has 0 atom stereocenters. The standard InChI is InChI=1S/C23H20BrClFNO4/c1-13-16(23(28)29)4-3-5-20(13)27-11-17-18(24)8-9-21(30-2)22(17)31-12-14-6-7-15(26)10-19(14)25/h3-10,27H,11-12H2,1-2H3,(H,28,29). The second-order valence-electron chi connectivity index (χ2n) is 6.72. The average Bonchev–Trinajstić information content (AvgIpc) is 2.73. The molecule has 0 bridgehead atoms. The minimum Gasteiger partial charge on any atom is -0.493 e. The van der Waals surface area contributed by atoms with E-state index in [1.165, 1.54) is 12.1 Å². The van der Waals surface area contributed by atoms with Gasteiger partial charge in [0.2, 0.25) is 0 Å². The van der Waals surface area contributed by atoms with Crippen LogP contribution in [0, 0.1) is 12.7 Å². The van der Waals surface area contributed by atoms with Gasteiger partial charge in [0.15, 0.2) is 11.5 Å². The van der Waals surface area contributed by atoms with Crippen LogP contribution in [0.1, 0.15) is 27.0 Å². The van der Waals surface area contributed by atoms with Crippen LogP contribution in [0.5, 0.6) is 11.5 Å². The van der Waals surface area contributed by atoms with E-state index in [1.807, 2.05) is 12.1 Å². The van der Waals surface area contributed by atoms with Crippen molar-refractivity contribution in [3.63, 3.8) is 0 Å². The molecule has 0 aliphatic rings. The zero-order valence-electron chi connectivity index (χ0n) is 16.8. The maximum Gasteiger partial charge on any atom is 0.336 e. The summed E-state index contributed by atoms with van der Waals surface area (Å²) in [6, 6.07) is 12.8. The van der Waals surface area contributed by atoms with Gasteiger partial charge in [-0.05, 0) is 48.9 Å². The van der Waals surface area contributed by atoms with E-state index < -0.39 is 11.8 Å². The molecule has 0 saturated heterocycles. The number of methoxy groups -OCH3 is 1. The molecule has 0 fully saturated rings. The fourth-order valence-electron chi connectivity index (χ4n) is 3.10. The van der Waals surface area contributed by atoms with Crippen LogP contribution in [-0.4, -0.2) is 18.2 Å². The van der Waals surface area contributed by atoms with Crippen molar-refractivity contribution in [3.8, 4) is 11.5 Å². The maximum atomic E-state index is 13.3. The van der Waals surface area contributed by atoms with E-state index in [1.54, 1.807) is 38.3 Å². The molecular formula is C23H20BrClFNO4. The highest BCUT2D eigenvalue weighted by Crippen LogP contribution is 2.38. The maximum absolute atomic E-state index is 13.3. The average molecular weight is 509 g/mol. The van der Waals surface area contributed by atoms with Crippen molar-refractivity contribution < 1.29 is 23.8 Å². The van der Waals surface area contributed by atoms with E-state index in [4.69, 9.17) is 21.1 Å². The quantitative estimate of drug-likeness (QED) is 0.366. The van der Waals surface area contributed by atoms with Crippen LogP contribution in [0.4, 0.5) is 10.1 Å². The highest BCUT2D eigenvalue weighted by molar-refractivity contribution is 9.10. The molecule has 2 N–H and O–H groups in total. The number of ether oxygens (including phenoxy) is 2. The van der Waals surface area contributed by atoms with E-state index in [2.05, 4.69) is 21.2 Å². The van der Waals surface area contributed by atoms with Crippen molar-refractivity contribution in [3.05, 3.63) is 86.1 Å². The van der Waals surface area contributed by atoms with Crippen LogP contribution >= 0.6 is 27.5 Å². The second-order valence-corrected chi connectivity index (χ2v) is 7.98. The van der Waals surface area contributed by atoms with E-state index in [0.717, 1.165) is 10.0 Å². The van der Waals surface area contributed by atoms with Crippen LogP contribution in [0.15, 0.2) is 53.0 Å². The molecule has 8 heteroatoms. The number of hydrogen-bond acceptors (Lipinski definition) is 4. The molecule has 31 heavy (non-hydrogen) atoms. The lowest BCUT2D eigenvalue weighted by Gasteiger charge is -2.19. The van der Waals surface area contributed by atoms with Gasteiger partial charge in [-0.25, -0.2) is 9.18 Å². The highest BCUT2D eigenvalue weighted by Gasteiger charge is 2.17. The van der Waals surface area contributed by atoms with E-state index in [-0.39, 0.29) is 17.2 Å². The lowest BCUT2D eigenvalue weighted by Crippen LogP contribution is -2.08. The minimum atomic E-state index is -0.982. The van der Waals surface area contributed by atoms with Gasteiger partial charge in [-0.3, -0.25) is 0 Å². The number of anilines is 1. The van der Waals surface area contributed by atoms with Crippen molar-refractivity contribution in [1.29, 1.82) is 0 Å². The van der Waals surface area contributed by atoms with Gasteiger partial charge in [0, 0.05) is 27.8 Å². The van der Waals surface area contributed by atoms with Gasteiger partial charge < -0.3 is 19.9 Å². The second kappa shape index (κ2) is 10.0. The summed E-state index contributed by atoms with van der Waals surface area (Å²) in [6.07, 6.45) is 0. The summed E-state index contributed by atoms with van der Waals surface area (Å²) in [4.78, 5) is 11.4. The fourth-order valence-corrected chi connectivity index (χ4v) is 3.77. The van der Waals surface area contributed by atoms with Gasteiger partial charge in [-0.2, -0.15) is 0 Å². The minimum absolute atomic E-state index is 0.118. The number of halogens is 3. The van der Waals surface area contributed by atoms with E-state index in [0.29, 0.717) is 34.9 Å². The Hall–Kier alpha value is -2.77. The third kappa shape index (κ3) is 5.29. The summed E-state index contributed by atoms with van der Waals surface area (Å²) < 4.78 is 25.6. The van der Waals surface area contributed by atoms with Gasteiger partial charge >= 0.3 is 5.97 Å². The number of carboxylic acids is 1.